The Hall–Kier alpha value is -0.600. The Morgan fingerprint density at radius 2 is 1.75 bits per heavy atom. The van der Waals surface area contributed by atoms with Crippen molar-refractivity contribution in [2.45, 2.75) is 31.5 Å². The summed E-state index contributed by atoms with van der Waals surface area (Å²) < 4.78 is 5.68. The van der Waals surface area contributed by atoms with E-state index in [0.29, 0.717) is 26.1 Å². The van der Waals surface area contributed by atoms with E-state index in [1.807, 2.05) is 4.90 Å². The molecule has 2 aliphatic rings. The number of piperazine rings is 1. The standard InChI is InChI=1S/C15H28N4O3.2ClH/c1-17(2)14(20)5-6-18-7-9-19(10-8-18)15(21)13-4-3-12(11-16)22-13;;/h12-13H,3-11,16H2,1-2H3;2*1H/t12-,13+;;/m1../s1. The zero-order chi connectivity index (χ0) is 16.1. The molecule has 2 fully saturated rings. The summed E-state index contributed by atoms with van der Waals surface area (Å²) in [6.07, 6.45) is 1.91. The molecule has 9 heteroatoms. The zero-order valence-electron chi connectivity index (χ0n) is 14.5. The third kappa shape index (κ3) is 6.37. The number of nitrogens with zero attached hydrogens (tertiary/aromatic N) is 3. The third-order valence-electron chi connectivity index (χ3n) is 4.47. The molecule has 2 N–H and O–H groups in total. The largest absolute Gasteiger partial charge is 0.364 e. The Morgan fingerprint density at radius 1 is 1.12 bits per heavy atom. The monoisotopic (exact) mass is 384 g/mol. The molecule has 0 spiro atoms. The molecule has 0 aromatic carbocycles. The number of carbonyl (C=O) groups is 2. The van der Waals surface area contributed by atoms with Gasteiger partial charge in [-0.3, -0.25) is 14.5 Å². The van der Waals surface area contributed by atoms with Gasteiger partial charge in [-0.2, -0.15) is 0 Å². The van der Waals surface area contributed by atoms with Crippen LogP contribution in [-0.4, -0.2) is 92.1 Å². The summed E-state index contributed by atoms with van der Waals surface area (Å²) in [6.45, 7) is 4.30. The van der Waals surface area contributed by atoms with Crippen molar-refractivity contribution in [3.05, 3.63) is 0 Å². The molecular formula is C15H30Cl2N4O3. The highest BCUT2D eigenvalue weighted by atomic mass is 35.5. The molecule has 0 aliphatic carbocycles. The number of hydrogen-bond acceptors (Lipinski definition) is 5. The molecule has 0 unspecified atom stereocenters. The summed E-state index contributed by atoms with van der Waals surface area (Å²) in [6, 6.07) is 0. The van der Waals surface area contributed by atoms with Gasteiger partial charge in [-0.15, -0.1) is 24.8 Å². The van der Waals surface area contributed by atoms with Gasteiger partial charge >= 0.3 is 0 Å². The number of halogens is 2. The second kappa shape index (κ2) is 11.1. The fourth-order valence-electron chi connectivity index (χ4n) is 2.93. The van der Waals surface area contributed by atoms with Crippen LogP contribution in [0.1, 0.15) is 19.3 Å². The van der Waals surface area contributed by atoms with Crippen LogP contribution in [0.5, 0.6) is 0 Å². The minimum atomic E-state index is -0.310. The third-order valence-corrected chi connectivity index (χ3v) is 4.47. The molecule has 2 heterocycles. The van der Waals surface area contributed by atoms with Crippen molar-refractivity contribution >= 4 is 36.6 Å². The molecule has 2 atom stereocenters. The second-order valence-corrected chi connectivity index (χ2v) is 6.26. The van der Waals surface area contributed by atoms with Crippen LogP contribution < -0.4 is 5.73 Å². The van der Waals surface area contributed by atoms with Gasteiger partial charge in [0.1, 0.15) is 6.10 Å². The van der Waals surface area contributed by atoms with Gasteiger partial charge in [0.15, 0.2) is 0 Å². The molecule has 0 radical (unpaired) electrons. The van der Waals surface area contributed by atoms with Gasteiger partial charge in [0.2, 0.25) is 5.91 Å². The molecule has 2 rings (SSSR count). The Morgan fingerprint density at radius 3 is 2.25 bits per heavy atom. The van der Waals surface area contributed by atoms with Crippen LogP contribution in [0.3, 0.4) is 0 Å². The highest BCUT2D eigenvalue weighted by molar-refractivity contribution is 5.85. The molecule has 0 bridgehead atoms. The topological polar surface area (TPSA) is 79.1 Å². The number of ether oxygens (including phenoxy) is 1. The van der Waals surface area contributed by atoms with Crippen LogP contribution in [0.4, 0.5) is 0 Å². The van der Waals surface area contributed by atoms with E-state index in [1.54, 1.807) is 19.0 Å². The molecule has 0 aromatic rings. The summed E-state index contributed by atoms with van der Waals surface area (Å²) in [7, 11) is 3.55. The van der Waals surface area contributed by atoms with Gasteiger partial charge in [0, 0.05) is 59.8 Å². The first-order valence-corrected chi connectivity index (χ1v) is 8.08. The number of hydrogen-bond donors (Lipinski definition) is 1. The Balaban J connectivity index is 0.00000264. The maximum atomic E-state index is 12.4. The lowest BCUT2D eigenvalue weighted by Gasteiger charge is -2.35. The zero-order valence-corrected chi connectivity index (χ0v) is 16.1. The lowest BCUT2D eigenvalue weighted by molar-refractivity contribution is -0.144. The smallest absolute Gasteiger partial charge is 0.251 e. The molecule has 0 saturated carbocycles. The molecular weight excluding hydrogens is 355 g/mol. The van der Waals surface area contributed by atoms with E-state index in [0.717, 1.165) is 32.5 Å². The van der Waals surface area contributed by atoms with Gasteiger partial charge in [0.05, 0.1) is 6.10 Å². The van der Waals surface area contributed by atoms with Crippen LogP contribution in [0.15, 0.2) is 0 Å². The molecule has 2 aliphatic heterocycles. The molecule has 2 amide bonds. The van der Waals surface area contributed by atoms with Crippen LogP contribution in [0.25, 0.3) is 0 Å². The summed E-state index contributed by atoms with van der Waals surface area (Å²) in [5.74, 6) is 0.241. The molecule has 0 aromatic heterocycles. The van der Waals surface area contributed by atoms with E-state index in [9.17, 15) is 9.59 Å². The van der Waals surface area contributed by atoms with Gasteiger partial charge in [0.25, 0.3) is 5.91 Å². The van der Waals surface area contributed by atoms with Crippen molar-refractivity contribution < 1.29 is 14.3 Å². The highest BCUT2D eigenvalue weighted by Gasteiger charge is 2.34. The van der Waals surface area contributed by atoms with Crippen LogP contribution in [-0.2, 0) is 14.3 Å². The molecule has 142 valence electrons. The van der Waals surface area contributed by atoms with Crippen molar-refractivity contribution in [2.75, 3.05) is 53.4 Å². The predicted octanol–water partition coefficient (Wildman–Crippen LogP) is -0.0412. The first kappa shape index (κ1) is 23.4. The van der Waals surface area contributed by atoms with Crippen LogP contribution >= 0.6 is 24.8 Å². The first-order valence-electron chi connectivity index (χ1n) is 8.08. The summed E-state index contributed by atoms with van der Waals surface area (Å²) in [5, 5.41) is 0. The van der Waals surface area contributed by atoms with E-state index in [2.05, 4.69) is 4.90 Å². The normalized spacial score (nSPS) is 24.0. The number of rotatable bonds is 5. The summed E-state index contributed by atoms with van der Waals surface area (Å²) in [5.41, 5.74) is 5.58. The van der Waals surface area contributed by atoms with Crippen LogP contribution in [0.2, 0.25) is 0 Å². The first-order chi connectivity index (χ1) is 10.5. The number of nitrogens with two attached hydrogens (primary N) is 1. The van der Waals surface area contributed by atoms with Crippen molar-refractivity contribution in [1.29, 1.82) is 0 Å². The minimum absolute atomic E-state index is 0. The number of carbonyl (C=O) groups excluding carboxylic acids is 2. The molecule has 7 nitrogen and oxygen atoms in total. The maximum Gasteiger partial charge on any atom is 0.251 e. The van der Waals surface area contributed by atoms with Crippen molar-refractivity contribution in [3.8, 4) is 0 Å². The van der Waals surface area contributed by atoms with Crippen molar-refractivity contribution in [1.82, 2.24) is 14.7 Å². The van der Waals surface area contributed by atoms with E-state index in [4.69, 9.17) is 10.5 Å². The summed E-state index contributed by atoms with van der Waals surface area (Å²) in [4.78, 5) is 29.7. The lowest BCUT2D eigenvalue weighted by Crippen LogP contribution is -2.51. The number of amides is 2. The average Bonchev–Trinajstić information content (AvgIpc) is 3.01. The van der Waals surface area contributed by atoms with Gasteiger partial charge in [-0.05, 0) is 12.8 Å². The predicted molar refractivity (Wildman–Crippen MR) is 97.8 cm³/mol. The molecule has 24 heavy (non-hydrogen) atoms. The van der Waals surface area contributed by atoms with E-state index in [1.165, 1.54) is 0 Å². The van der Waals surface area contributed by atoms with E-state index < -0.39 is 0 Å². The minimum Gasteiger partial charge on any atom is -0.364 e. The van der Waals surface area contributed by atoms with Gasteiger partial charge in [-0.25, -0.2) is 0 Å². The van der Waals surface area contributed by atoms with Crippen molar-refractivity contribution in [2.24, 2.45) is 5.73 Å². The quantitative estimate of drug-likeness (QED) is 0.719. The molecule has 2 saturated heterocycles. The fourth-order valence-corrected chi connectivity index (χ4v) is 2.93. The Kier molecular flexibility index (Phi) is 10.8. The van der Waals surface area contributed by atoms with Gasteiger partial charge in [-0.1, -0.05) is 0 Å². The second-order valence-electron chi connectivity index (χ2n) is 6.26. The fraction of sp³-hybridized carbons (Fsp3) is 0.867. The summed E-state index contributed by atoms with van der Waals surface area (Å²) >= 11 is 0. The van der Waals surface area contributed by atoms with Crippen molar-refractivity contribution in [3.63, 3.8) is 0 Å². The highest BCUT2D eigenvalue weighted by Crippen LogP contribution is 2.21. The SMILES string of the molecule is CN(C)C(=O)CCN1CCN(C(=O)[C@@H]2CC[C@H](CN)O2)CC1.Cl.Cl. The Labute approximate surface area is 156 Å². The van der Waals surface area contributed by atoms with E-state index >= 15 is 0 Å². The Bertz CT molecular complexity index is 404. The maximum absolute atomic E-state index is 12.4. The lowest BCUT2D eigenvalue weighted by atomic mass is 10.1. The average molecular weight is 385 g/mol. The van der Waals surface area contributed by atoms with Crippen LogP contribution in [0, 0.1) is 0 Å². The van der Waals surface area contributed by atoms with E-state index in [-0.39, 0.29) is 48.8 Å². The van der Waals surface area contributed by atoms with Gasteiger partial charge < -0.3 is 20.3 Å².